The first-order valence-electron chi connectivity index (χ1n) is 7.90. The van der Waals surface area contributed by atoms with E-state index in [9.17, 15) is 9.59 Å². The van der Waals surface area contributed by atoms with Gasteiger partial charge >= 0.3 is 0 Å². The summed E-state index contributed by atoms with van der Waals surface area (Å²) < 4.78 is 7.24. The first kappa shape index (κ1) is 18.7. The molecule has 0 saturated carbocycles. The highest BCUT2D eigenvalue weighted by atomic mass is 35.5. The SMILES string of the molecule is COC1(C(=O)N2CCN(c3cnn(C)c3)C(=O)C2)CCNCC1.Cl. The number of carbonyl (C=O) groups excluding carboxylic acids is 2. The molecule has 0 atom stereocenters. The van der Waals surface area contributed by atoms with E-state index in [1.54, 1.807) is 34.0 Å². The van der Waals surface area contributed by atoms with Gasteiger partial charge in [-0.05, 0) is 25.9 Å². The van der Waals surface area contributed by atoms with Crippen LogP contribution in [0.1, 0.15) is 12.8 Å². The number of nitrogens with zero attached hydrogens (tertiary/aromatic N) is 4. The topological polar surface area (TPSA) is 79.7 Å². The number of aryl methyl sites for hydroxylation is 1. The molecule has 0 unspecified atom stereocenters. The zero-order valence-corrected chi connectivity index (χ0v) is 14.8. The molecule has 8 nitrogen and oxygen atoms in total. The average Bonchev–Trinajstić information content (AvgIpc) is 3.00. The lowest BCUT2D eigenvalue weighted by atomic mass is 9.90. The maximum Gasteiger partial charge on any atom is 0.255 e. The van der Waals surface area contributed by atoms with Crippen LogP contribution in [0.2, 0.25) is 0 Å². The van der Waals surface area contributed by atoms with Crippen molar-refractivity contribution in [1.82, 2.24) is 20.0 Å². The summed E-state index contributed by atoms with van der Waals surface area (Å²) in [5, 5.41) is 7.33. The summed E-state index contributed by atoms with van der Waals surface area (Å²) in [5.74, 6) is -0.154. The van der Waals surface area contributed by atoms with Crippen molar-refractivity contribution >= 4 is 29.9 Å². The van der Waals surface area contributed by atoms with Crippen LogP contribution in [0.25, 0.3) is 0 Å². The van der Waals surface area contributed by atoms with Gasteiger partial charge in [-0.15, -0.1) is 12.4 Å². The minimum Gasteiger partial charge on any atom is -0.368 e. The fourth-order valence-electron chi connectivity index (χ4n) is 3.29. The molecule has 3 heterocycles. The van der Waals surface area contributed by atoms with E-state index in [0.29, 0.717) is 25.9 Å². The summed E-state index contributed by atoms with van der Waals surface area (Å²) in [6.45, 7) is 2.59. The molecular weight excluding hydrogens is 334 g/mol. The highest BCUT2D eigenvalue weighted by molar-refractivity contribution is 5.99. The van der Waals surface area contributed by atoms with E-state index in [0.717, 1.165) is 18.8 Å². The second-order valence-electron chi connectivity index (χ2n) is 6.09. The third-order valence-corrected chi connectivity index (χ3v) is 4.70. The first-order chi connectivity index (χ1) is 11.1. The molecular formula is C15H24ClN5O3. The van der Waals surface area contributed by atoms with Crippen molar-refractivity contribution < 1.29 is 14.3 Å². The minimum atomic E-state index is -0.790. The molecule has 2 fully saturated rings. The molecule has 2 amide bonds. The van der Waals surface area contributed by atoms with Gasteiger partial charge in [0.25, 0.3) is 5.91 Å². The average molecular weight is 358 g/mol. The van der Waals surface area contributed by atoms with Crippen molar-refractivity contribution in [1.29, 1.82) is 0 Å². The zero-order chi connectivity index (χ0) is 16.4. The smallest absolute Gasteiger partial charge is 0.255 e. The van der Waals surface area contributed by atoms with Gasteiger partial charge in [-0.1, -0.05) is 0 Å². The number of hydrogen-bond acceptors (Lipinski definition) is 5. The number of carbonyl (C=O) groups is 2. The van der Waals surface area contributed by atoms with E-state index in [4.69, 9.17) is 4.74 Å². The Balaban J connectivity index is 0.00000208. The normalized spacial score (nSPS) is 20.7. The quantitative estimate of drug-likeness (QED) is 0.809. The Morgan fingerprint density at radius 3 is 2.58 bits per heavy atom. The fraction of sp³-hybridized carbons (Fsp3) is 0.667. The van der Waals surface area contributed by atoms with Gasteiger partial charge in [0, 0.05) is 33.4 Å². The van der Waals surface area contributed by atoms with E-state index in [2.05, 4.69) is 10.4 Å². The molecule has 0 spiro atoms. The zero-order valence-electron chi connectivity index (χ0n) is 14.0. The van der Waals surface area contributed by atoms with E-state index in [1.165, 1.54) is 0 Å². The van der Waals surface area contributed by atoms with Crippen molar-refractivity contribution in [3.63, 3.8) is 0 Å². The molecule has 0 radical (unpaired) electrons. The number of halogens is 1. The number of amides is 2. The molecule has 2 aliphatic rings. The van der Waals surface area contributed by atoms with Gasteiger partial charge < -0.3 is 19.9 Å². The monoisotopic (exact) mass is 357 g/mol. The molecule has 0 aliphatic carbocycles. The number of ether oxygens (including phenoxy) is 1. The molecule has 9 heteroatoms. The van der Waals surface area contributed by atoms with Crippen LogP contribution in [0.3, 0.4) is 0 Å². The maximum atomic E-state index is 12.9. The van der Waals surface area contributed by atoms with Crippen LogP contribution in [-0.4, -0.2) is 71.9 Å². The Morgan fingerprint density at radius 2 is 2.04 bits per heavy atom. The second-order valence-corrected chi connectivity index (χ2v) is 6.09. The van der Waals surface area contributed by atoms with Crippen LogP contribution in [0.15, 0.2) is 12.4 Å². The third kappa shape index (κ3) is 3.40. The van der Waals surface area contributed by atoms with E-state index in [-0.39, 0.29) is 30.8 Å². The van der Waals surface area contributed by atoms with Gasteiger partial charge in [0.05, 0.1) is 11.9 Å². The Bertz CT molecular complexity index is 600. The van der Waals surface area contributed by atoms with E-state index >= 15 is 0 Å². The number of piperazine rings is 1. The first-order valence-corrected chi connectivity index (χ1v) is 7.90. The summed E-state index contributed by atoms with van der Waals surface area (Å²) in [7, 11) is 3.39. The van der Waals surface area contributed by atoms with Crippen molar-refractivity contribution in [3.05, 3.63) is 12.4 Å². The summed E-state index contributed by atoms with van der Waals surface area (Å²) >= 11 is 0. The predicted molar refractivity (Wildman–Crippen MR) is 91.2 cm³/mol. The molecule has 1 aromatic heterocycles. The maximum absolute atomic E-state index is 12.9. The number of rotatable bonds is 3. The van der Waals surface area contributed by atoms with Crippen molar-refractivity contribution in [2.75, 3.05) is 44.7 Å². The summed E-state index contributed by atoms with van der Waals surface area (Å²) in [4.78, 5) is 28.6. The van der Waals surface area contributed by atoms with E-state index < -0.39 is 5.60 Å². The molecule has 2 aliphatic heterocycles. The Kier molecular flexibility index (Phi) is 5.84. The van der Waals surface area contributed by atoms with Gasteiger partial charge in [0.2, 0.25) is 5.91 Å². The molecule has 134 valence electrons. The summed E-state index contributed by atoms with van der Waals surface area (Å²) in [5.41, 5.74) is -0.0185. The van der Waals surface area contributed by atoms with Crippen LogP contribution < -0.4 is 10.2 Å². The fourth-order valence-corrected chi connectivity index (χ4v) is 3.29. The van der Waals surface area contributed by atoms with Crippen molar-refractivity contribution in [3.8, 4) is 0 Å². The molecule has 1 N–H and O–H groups in total. The lowest BCUT2D eigenvalue weighted by Crippen LogP contribution is -2.60. The molecule has 1 aromatic rings. The molecule has 0 aromatic carbocycles. The highest BCUT2D eigenvalue weighted by Crippen LogP contribution is 2.26. The number of nitrogens with one attached hydrogen (secondary N) is 1. The summed E-state index contributed by atoms with van der Waals surface area (Å²) in [6.07, 6.45) is 4.75. The Hall–Kier alpha value is -1.64. The molecule has 3 rings (SSSR count). The number of anilines is 1. The molecule has 24 heavy (non-hydrogen) atoms. The predicted octanol–water partition coefficient (Wildman–Crippen LogP) is -0.214. The number of piperidine rings is 1. The van der Waals surface area contributed by atoms with Crippen LogP contribution >= 0.6 is 12.4 Å². The van der Waals surface area contributed by atoms with Crippen LogP contribution in [-0.2, 0) is 21.4 Å². The number of aromatic nitrogens is 2. The third-order valence-electron chi connectivity index (χ3n) is 4.70. The van der Waals surface area contributed by atoms with Gasteiger partial charge in [0.15, 0.2) is 0 Å². The van der Waals surface area contributed by atoms with Gasteiger partial charge in [-0.25, -0.2) is 0 Å². The van der Waals surface area contributed by atoms with Crippen LogP contribution in [0.5, 0.6) is 0 Å². The number of methoxy groups -OCH3 is 1. The Morgan fingerprint density at radius 1 is 1.33 bits per heavy atom. The lowest BCUT2D eigenvalue weighted by Gasteiger charge is -2.41. The second kappa shape index (κ2) is 7.50. The Labute approximate surface area is 147 Å². The van der Waals surface area contributed by atoms with Gasteiger partial charge in [0.1, 0.15) is 12.1 Å². The van der Waals surface area contributed by atoms with Crippen LogP contribution in [0.4, 0.5) is 5.69 Å². The summed E-state index contributed by atoms with van der Waals surface area (Å²) in [6, 6.07) is 0. The number of hydrogen-bond donors (Lipinski definition) is 1. The van der Waals surface area contributed by atoms with Crippen molar-refractivity contribution in [2.45, 2.75) is 18.4 Å². The largest absolute Gasteiger partial charge is 0.368 e. The standard InChI is InChI=1S/C15H23N5O3.ClH/c1-18-10-12(9-17-18)20-8-7-19(11-13(20)21)14(22)15(23-2)3-5-16-6-4-15;/h9-10,16H,3-8,11H2,1-2H3;1H. The highest BCUT2D eigenvalue weighted by Gasteiger charge is 2.44. The van der Waals surface area contributed by atoms with Crippen molar-refractivity contribution in [2.24, 2.45) is 7.05 Å². The minimum absolute atomic E-state index is 0. The molecule has 2 saturated heterocycles. The lowest BCUT2D eigenvalue weighted by molar-refractivity contribution is -0.160. The molecule has 0 bridgehead atoms. The van der Waals surface area contributed by atoms with Gasteiger partial charge in [-0.3, -0.25) is 14.3 Å². The van der Waals surface area contributed by atoms with E-state index in [1.807, 2.05) is 7.05 Å². The van der Waals surface area contributed by atoms with Crippen LogP contribution in [0, 0.1) is 0 Å². The van der Waals surface area contributed by atoms with Gasteiger partial charge in [-0.2, -0.15) is 5.10 Å².